The molecule has 0 unspecified atom stereocenters. The van der Waals surface area contributed by atoms with E-state index in [1.165, 1.54) is 0 Å². The lowest BCUT2D eigenvalue weighted by atomic mass is 9.82. The first-order valence-corrected chi connectivity index (χ1v) is 6.26. The van der Waals surface area contributed by atoms with Crippen molar-refractivity contribution < 1.29 is 4.79 Å². The van der Waals surface area contributed by atoms with Gasteiger partial charge in [0.1, 0.15) is 0 Å². The average Bonchev–Trinajstić information content (AvgIpc) is 2.27. The van der Waals surface area contributed by atoms with Crippen LogP contribution in [-0.2, 0) is 0 Å². The number of carbonyl (C=O) groups is 1. The third-order valence-corrected chi connectivity index (χ3v) is 3.44. The largest absolute Gasteiger partial charge is 0.387 e. The zero-order chi connectivity index (χ0) is 12.4. The molecule has 0 spiro atoms. The number of rotatable bonds is 3. The molecule has 2 N–H and O–H groups in total. The Morgan fingerprint density at radius 3 is 2.71 bits per heavy atom. The molecule has 1 aliphatic rings. The van der Waals surface area contributed by atoms with Crippen LogP contribution in [0.3, 0.4) is 0 Å². The number of hydrogen-bond acceptors (Lipinski definition) is 2. The molecular formula is C13H17ClN2O. The number of carbonyl (C=O) groups excluding carboxylic acids is 1. The van der Waals surface area contributed by atoms with Gasteiger partial charge in [0, 0.05) is 23.8 Å². The van der Waals surface area contributed by atoms with Crippen LogP contribution in [0.4, 0.5) is 5.69 Å². The normalized spacial score (nSPS) is 22.8. The van der Waals surface area contributed by atoms with E-state index in [2.05, 4.69) is 17.6 Å². The van der Waals surface area contributed by atoms with Crippen LogP contribution in [0.25, 0.3) is 0 Å². The highest BCUT2D eigenvalue weighted by atomic mass is 35.5. The molecule has 92 valence electrons. The van der Waals surface area contributed by atoms with Gasteiger partial charge in [0.05, 0.1) is 5.56 Å². The number of amides is 1. The van der Waals surface area contributed by atoms with Gasteiger partial charge in [-0.25, -0.2) is 0 Å². The first kappa shape index (κ1) is 12.2. The number of hydrogen-bond donors (Lipinski definition) is 2. The summed E-state index contributed by atoms with van der Waals surface area (Å²) in [4.78, 5) is 12.1. The standard InChI is InChI=1S/C13H17ClN2O/c1-8-5-10(6-8)16-13(17)11-7-9(14)3-4-12(11)15-2/h3-4,7-8,10,15H,5-6H2,1-2H3,(H,16,17). The molecule has 0 aliphatic heterocycles. The lowest BCUT2D eigenvalue weighted by Crippen LogP contribution is -2.43. The maximum atomic E-state index is 12.1. The molecule has 0 aromatic heterocycles. The lowest BCUT2D eigenvalue weighted by Gasteiger charge is -2.33. The third kappa shape index (κ3) is 2.72. The van der Waals surface area contributed by atoms with Gasteiger partial charge in [-0.1, -0.05) is 18.5 Å². The Hall–Kier alpha value is -1.22. The summed E-state index contributed by atoms with van der Waals surface area (Å²) in [5.41, 5.74) is 1.42. The van der Waals surface area contributed by atoms with Crippen LogP contribution in [0, 0.1) is 5.92 Å². The van der Waals surface area contributed by atoms with Gasteiger partial charge in [0.2, 0.25) is 0 Å². The average molecular weight is 253 g/mol. The molecule has 0 saturated heterocycles. The second kappa shape index (κ2) is 4.96. The van der Waals surface area contributed by atoms with Gasteiger partial charge in [0.25, 0.3) is 5.91 Å². The predicted octanol–water partition coefficient (Wildman–Crippen LogP) is 2.91. The maximum absolute atomic E-state index is 12.1. The van der Waals surface area contributed by atoms with E-state index in [0.29, 0.717) is 16.6 Å². The van der Waals surface area contributed by atoms with Crippen molar-refractivity contribution in [3.8, 4) is 0 Å². The minimum atomic E-state index is -0.0475. The summed E-state index contributed by atoms with van der Waals surface area (Å²) in [5.74, 6) is 0.678. The van der Waals surface area contributed by atoms with Gasteiger partial charge in [0.15, 0.2) is 0 Å². The van der Waals surface area contributed by atoms with Crippen molar-refractivity contribution in [1.82, 2.24) is 5.32 Å². The van der Waals surface area contributed by atoms with Crippen molar-refractivity contribution >= 4 is 23.2 Å². The Balaban J connectivity index is 2.09. The summed E-state index contributed by atoms with van der Waals surface area (Å²) in [7, 11) is 1.80. The molecule has 1 aromatic rings. The Morgan fingerprint density at radius 2 is 2.12 bits per heavy atom. The molecule has 0 heterocycles. The van der Waals surface area contributed by atoms with Gasteiger partial charge < -0.3 is 10.6 Å². The minimum Gasteiger partial charge on any atom is -0.387 e. The molecule has 17 heavy (non-hydrogen) atoms. The Morgan fingerprint density at radius 1 is 1.41 bits per heavy atom. The lowest BCUT2D eigenvalue weighted by molar-refractivity contribution is 0.0897. The van der Waals surface area contributed by atoms with E-state index in [1.54, 1.807) is 19.2 Å². The second-order valence-corrected chi connectivity index (χ2v) is 5.12. The van der Waals surface area contributed by atoms with Gasteiger partial charge in [-0.15, -0.1) is 0 Å². The zero-order valence-corrected chi connectivity index (χ0v) is 10.8. The van der Waals surface area contributed by atoms with Crippen molar-refractivity contribution in [1.29, 1.82) is 0 Å². The van der Waals surface area contributed by atoms with Crippen molar-refractivity contribution in [2.45, 2.75) is 25.8 Å². The Labute approximate surface area is 107 Å². The number of nitrogens with one attached hydrogen (secondary N) is 2. The highest BCUT2D eigenvalue weighted by molar-refractivity contribution is 6.31. The maximum Gasteiger partial charge on any atom is 0.253 e. The number of anilines is 1. The van der Waals surface area contributed by atoms with E-state index in [4.69, 9.17) is 11.6 Å². The van der Waals surface area contributed by atoms with Crippen molar-refractivity contribution in [3.63, 3.8) is 0 Å². The molecule has 2 rings (SSSR count). The van der Waals surface area contributed by atoms with E-state index in [0.717, 1.165) is 24.4 Å². The van der Waals surface area contributed by atoms with Crippen molar-refractivity contribution in [2.75, 3.05) is 12.4 Å². The van der Waals surface area contributed by atoms with Gasteiger partial charge in [-0.2, -0.15) is 0 Å². The molecule has 0 bridgehead atoms. The molecule has 4 heteroatoms. The van der Waals surface area contributed by atoms with Crippen LogP contribution < -0.4 is 10.6 Å². The zero-order valence-electron chi connectivity index (χ0n) is 10.1. The van der Waals surface area contributed by atoms with Gasteiger partial charge in [-0.05, 0) is 37.0 Å². The van der Waals surface area contributed by atoms with Crippen LogP contribution in [0.15, 0.2) is 18.2 Å². The van der Waals surface area contributed by atoms with E-state index < -0.39 is 0 Å². The SMILES string of the molecule is CNc1ccc(Cl)cc1C(=O)NC1CC(C)C1. The smallest absolute Gasteiger partial charge is 0.253 e. The Kier molecular flexibility index (Phi) is 3.57. The van der Waals surface area contributed by atoms with Crippen LogP contribution in [-0.4, -0.2) is 19.0 Å². The molecule has 3 nitrogen and oxygen atoms in total. The first-order valence-electron chi connectivity index (χ1n) is 5.88. The fourth-order valence-electron chi connectivity index (χ4n) is 2.21. The first-order chi connectivity index (χ1) is 8.10. The van der Waals surface area contributed by atoms with Crippen LogP contribution in [0.5, 0.6) is 0 Å². The van der Waals surface area contributed by atoms with E-state index >= 15 is 0 Å². The molecule has 0 radical (unpaired) electrons. The van der Waals surface area contributed by atoms with Crippen LogP contribution in [0.1, 0.15) is 30.1 Å². The minimum absolute atomic E-state index is 0.0475. The summed E-state index contributed by atoms with van der Waals surface area (Å²) < 4.78 is 0. The highest BCUT2D eigenvalue weighted by Crippen LogP contribution is 2.27. The van der Waals surface area contributed by atoms with E-state index in [9.17, 15) is 4.79 Å². The summed E-state index contributed by atoms with van der Waals surface area (Å²) in [6, 6.07) is 5.61. The fourth-order valence-corrected chi connectivity index (χ4v) is 2.38. The molecule has 1 aliphatic carbocycles. The highest BCUT2D eigenvalue weighted by Gasteiger charge is 2.27. The summed E-state index contributed by atoms with van der Waals surface area (Å²) >= 11 is 5.92. The topological polar surface area (TPSA) is 41.1 Å². The third-order valence-electron chi connectivity index (χ3n) is 3.20. The molecule has 1 amide bonds. The molecule has 1 saturated carbocycles. The van der Waals surface area contributed by atoms with E-state index in [1.807, 2.05) is 6.07 Å². The molecule has 1 fully saturated rings. The second-order valence-electron chi connectivity index (χ2n) is 4.69. The van der Waals surface area contributed by atoms with Crippen LogP contribution >= 0.6 is 11.6 Å². The van der Waals surface area contributed by atoms with Gasteiger partial charge >= 0.3 is 0 Å². The Bertz CT molecular complexity index is 427. The summed E-state index contributed by atoms with van der Waals surface area (Å²) in [6.07, 6.45) is 2.14. The molecular weight excluding hydrogens is 236 g/mol. The number of benzene rings is 1. The number of halogens is 1. The monoisotopic (exact) mass is 252 g/mol. The van der Waals surface area contributed by atoms with Crippen molar-refractivity contribution in [3.05, 3.63) is 28.8 Å². The molecule has 1 aromatic carbocycles. The van der Waals surface area contributed by atoms with E-state index in [-0.39, 0.29) is 5.91 Å². The van der Waals surface area contributed by atoms with Gasteiger partial charge in [-0.3, -0.25) is 4.79 Å². The predicted molar refractivity (Wildman–Crippen MR) is 70.7 cm³/mol. The molecule has 0 atom stereocenters. The van der Waals surface area contributed by atoms with Crippen LogP contribution in [0.2, 0.25) is 5.02 Å². The summed E-state index contributed by atoms with van der Waals surface area (Å²) in [6.45, 7) is 2.20. The quantitative estimate of drug-likeness (QED) is 0.869. The fraction of sp³-hybridized carbons (Fsp3) is 0.462. The summed E-state index contributed by atoms with van der Waals surface area (Å²) in [5, 5.41) is 6.61. The van der Waals surface area contributed by atoms with Crippen molar-refractivity contribution in [2.24, 2.45) is 5.92 Å².